The van der Waals surface area contributed by atoms with E-state index in [0.717, 1.165) is 29.6 Å². The van der Waals surface area contributed by atoms with E-state index in [1.165, 1.54) is 5.56 Å². The van der Waals surface area contributed by atoms with Crippen molar-refractivity contribution in [3.8, 4) is 0 Å². The lowest BCUT2D eigenvalue weighted by Gasteiger charge is -2.23. The van der Waals surface area contributed by atoms with E-state index in [1.54, 1.807) is 21.3 Å². The van der Waals surface area contributed by atoms with Crippen LogP contribution < -0.4 is 4.57 Å². The third kappa shape index (κ3) is 10.6. The van der Waals surface area contributed by atoms with Crippen LogP contribution in [0, 0.1) is 0 Å². The van der Waals surface area contributed by atoms with Gasteiger partial charge in [0, 0.05) is 45.4 Å². The van der Waals surface area contributed by atoms with Gasteiger partial charge in [0.1, 0.15) is 6.54 Å². The zero-order valence-electron chi connectivity index (χ0n) is 20.5. The lowest BCUT2D eigenvalue weighted by atomic mass is 9.88. The molecule has 1 aromatic heterocycles. The number of rotatable bonds is 10. The highest BCUT2D eigenvalue weighted by Gasteiger charge is 2.47. The Morgan fingerprint density at radius 3 is 1.67 bits per heavy atom. The first-order valence-electron chi connectivity index (χ1n) is 10.1. The maximum absolute atomic E-state index is 11.4. The molecule has 1 heterocycles. The normalized spacial score (nSPS) is 13.8. The molecule has 0 aliphatic rings. The topological polar surface area (TPSA) is 114 Å². The van der Waals surface area contributed by atoms with E-state index >= 15 is 0 Å². The highest BCUT2D eigenvalue weighted by Crippen LogP contribution is 2.36. The van der Waals surface area contributed by atoms with Gasteiger partial charge in [-0.05, 0) is 17.9 Å². The van der Waals surface area contributed by atoms with Crippen molar-refractivity contribution in [3.05, 3.63) is 34.2 Å². The van der Waals surface area contributed by atoms with Gasteiger partial charge in [-0.25, -0.2) is 21.4 Å². The Hall–Kier alpha value is -1.31. The van der Waals surface area contributed by atoms with Crippen LogP contribution in [0.3, 0.4) is 0 Å². The van der Waals surface area contributed by atoms with Crippen LogP contribution >= 0.6 is 0 Å². The lowest BCUT2D eigenvalue weighted by molar-refractivity contribution is -0.697. The Kier molecular flexibility index (Phi) is 12.5. The maximum atomic E-state index is 11.4. The zero-order valence-corrected chi connectivity index (χ0v) is 23.1. The average molecular weight is 593 g/mol. The Labute approximate surface area is 208 Å². The van der Waals surface area contributed by atoms with E-state index in [-0.39, 0.29) is 5.41 Å². The van der Waals surface area contributed by atoms with Gasteiger partial charge < -0.3 is 17.4 Å². The number of unbranched alkanes of at least 4 members (excludes halogenated alkanes) is 1. The van der Waals surface area contributed by atoms with Gasteiger partial charge >= 0.3 is 19.8 Å². The predicted molar refractivity (Wildman–Crippen MR) is 119 cm³/mol. The third-order valence-corrected chi connectivity index (χ3v) is 10.2. The second kappa shape index (κ2) is 13.0. The van der Waals surface area contributed by atoms with Gasteiger partial charge in [-0.3, -0.25) is 0 Å². The summed E-state index contributed by atoms with van der Waals surface area (Å²) in [6, 6.07) is 5.17. The summed E-state index contributed by atoms with van der Waals surface area (Å²) in [7, 11) is -10.8. The highest BCUT2D eigenvalue weighted by atomic mass is 32.3. The van der Waals surface area contributed by atoms with Crippen LogP contribution in [0.2, 0.25) is 6.04 Å². The highest BCUT2D eigenvalue weighted by molar-refractivity contribution is 8.13. The third-order valence-electron chi connectivity index (χ3n) is 4.59. The lowest BCUT2D eigenvalue weighted by Crippen LogP contribution is -2.43. The molecule has 0 bridgehead atoms. The molecule has 0 saturated heterocycles. The van der Waals surface area contributed by atoms with Gasteiger partial charge in [0.15, 0.2) is 32.4 Å². The average Bonchev–Trinajstić information content (AvgIpc) is 2.72. The van der Waals surface area contributed by atoms with E-state index in [4.69, 9.17) is 13.3 Å². The van der Waals surface area contributed by atoms with Crippen LogP contribution in [0.5, 0.6) is 0 Å². The van der Waals surface area contributed by atoms with Crippen molar-refractivity contribution in [1.82, 2.24) is 0 Å². The number of hydrogen-bond donors (Lipinski definition) is 0. The molecule has 0 fully saturated rings. The van der Waals surface area contributed by atoms with E-state index in [2.05, 4.69) is 49.9 Å². The maximum Gasteiger partial charge on any atom is 0.500 e. The van der Waals surface area contributed by atoms with Crippen molar-refractivity contribution in [3.63, 3.8) is 0 Å². The molecule has 0 aliphatic carbocycles. The molecular formula is C18H30F6N2O7S2Si. The second-order valence-electron chi connectivity index (χ2n) is 8.25. The monoisotopic (exact) mass is 592 g/mol. The minimum Gasteiger partial charge on any atom is -0.421 e. The van der Waals surface area contributed by atoms with Crippen molar-refractivity contribution in [2.24, 2.45) is 0 Å². The van der Waals surface area contributed by atoms with Gasteiger partial charge in [0.2, 0.25) is 0 Å². The molecule has 0 unspecified atom stereocenters. The van der Waals surface area contributed by atoms with Gasteiger partial charge in [0.05, 0.1) is 0 Å². The molecule has 1 rings (SSSR count). The molecule has 212 valence electrons. The number of aryl methyl sites for hydroxylation is 1. The fraction of sp³-hybridized carbons (Fsp3) is 0.722. The van der Waals surface area contributed by atoms with Gasteiger partial charge in [-0.15, -0.1) is 0 Å². The fourth-order valence-electron chi connectivity index (χ4n) is 2.51. The summed E-state index contributed by atoms with van der Waals surface area (Å²) in [5, 5.41) is 0. The molecule has 0 saturated carbocycles. The van der Waals surface area contributed by atoms with Crippen molar-refractivity contribution >= 4 is 28.9 Å². The van der Waals surface area contributed by atoms with Gasteiger partial charge in [0.25, 0.3) is 0 Å². The number of halogens is 6. The van der Waals surface area contributed by atoms with E-state index < -0.39 is 39.9 Å². The predicted octanol–water partition coefficient (Wildman–Crippen LogP) is 3.99. The summed E-state index contributed by atoms with van der Waals surface area (Å²) in [5.41, 5.74) is -10.9. The van der Waals surface area contributed by atoms with Gasteiger partial charge in [-0.1, -0.05) is 20.8 Å². The first-order valence-corrected chi connectivity index (χ1v) is 14.9. The molecule has 0 N–H and O–H groups in total. The number of nitrogens with zero attached hydrogens (tertiary/aromatic N) is 2. The quantitative estimate of drug-likeness (QED) is 0.175. The molecule has 0 amide bonds. The Bertz CT molecular complexity index is 989. The molecule has 9 nitrogen and oxygen atoms in total. The number of hydrogen-bond acceptors (Lipinski definition) is 7. The molecule has 0 aliphatic heterocycles. The smallest absolute Gasteiger partial charge is 0.421 e. The van der Waals surface area contributed by atoms with E-state index in [1.807, 2.05) is 0 Å². The molecule has 0 aromatic carbocycles. The Morgan fingerprint density at radius 2 is 1.31 bits per heavy atom. The Morgan fingerprint density at radius 1 is 0.861 bits per heavy atom. The zero-order chi connectivity index (χ0) is 28.6. The number of sulfonamides is 2. The molecule has 0 radical (unpaired) electrons. The summed E-state index contributed by atoms with van der Waals surface area (Å²) in [5.74, 6) is 0. The summed E-state index contributed by atoms with van der Waals surface area (Å²) in [4.78, 5) is 0. The number of alkyl halides is 6. The van der Waals surface area contributed by atoms with Crippen LogP contribution in [0.15, 0.2) is 24.5 Å². The van der Waals surface area contributed by atoms with Crippen molar-refractivity contribution in [2.45, 2.75) is 62.6 Å². The number of aromatic nitrogens is 1. The number of pyridine rings is 1. The largest absolute Gasteiger partial charge is 0.500 e. The minimum atomic E-state index is -6.72. The van der Waals surface area contributed by atoms with Gasteiger partial charge in [-0.2, -0.15) is 26.3 Å². The summed E-state index contributed by atoms with van der Waals surface area (Å²) >= 11 is 0. The van der Waals surface area contributed by atoms with Crippen LogP contribution in [0.25, 0.3) is 4.13 Å². The Balaban J connectivity index is 0.000000723. The van der Waals surface area contributed by atoms with Crippen molar-refractivity contribution < 1.29 is 61.0 Å². The fourth-order valence-corrected chi connectivity index (χ4v) is 6.02. The van der Waals surface area contributed by atoms with Crippen LogP contribution in [-0.4, -0.2) is 58.0 Å². The first kappa shape index (κ1) is 34.7. The molecule has 1 aromatic rings. The SMILES string of the molecule is CO[Si](CCCC[n+]1cccc(C(C)(C)C)c1)(OC)OC.O=S(=O)([N-]S(=O)(=O)C(F)(F)F)C(F)(F)F. The summed E-state index contributed by atoms with van der Waals surface area (Å²) < 4.78 is 128. The van der Waals surface area contributed by atoms with E-state index in [0.29, 0.717) is 0 Å². The summed E-state index contributed by atoms with van der Waals surface area (Å²) in [6.07, 6.45) is 6.49. The van der Waals surface area contributed by atoms with Crippen molar-refractivity contribution in [2.75, 3.05) is 21.3 Å². The molecule has 18 heteroatoms. The van der Waals surface area contributed by atoms with Crippen LogP contribution in [-0.2, 0) is 45.3 Å². The minimum absolute atomic E-state index is 0.188. The second-order valence-corrected chi connectivity index (χ2v) is 14.8. The van der Waals surface area contributed by atoms with Crippen LogP contribution in [0.1, 0.15) is 39.2 Å². The molecular weight excluding hydrogens is 562 g/mol. The molecule has 0 spiro atoms. The molecule has 0 atom stereocenters. The van der Waals surface area contributed by atoms with Crippen LogP contribution in [0.4, 0.5) is 26.3 Å². The summed E-state index contributed by atoms with van der Waals surface area (Å²) in [6.45, 7) is 7.72. The molecule has 36 heavy (non-hydrogen) atoms. The first-order chi connectivity index (χ1) is 16.1. The standard InChI is InChI=1S/C16H30NO3Si.C2F6NO4S2/c1-16(2,3)15-10-9-12-17(14-15)11-7-8-13-21(18-4,19-5)20-6;3-1(4,5)14(10,11)9-15(12,13)2(6,7)8/h9-10,12,14H,7-8,11,13H2,1-6H3;/q+1;-1. The van der Waals surface area contributed by atoms with E-state index in [9.17, 15) is 43.2 Å². The van der Waals surface area contributed by atoms with Crippen molar-refractivity contribution in [1.29, 1.82) is 0 Å².